The van der Waals surface area contributed by atoms with Gasteiger partial charge in [0.2, 0.25) is 0 Å². The molecule has 1 nitrogen and oxygen atoms in total. The molecule has 0 amide bonds. The van der Waals surface area contributed by atoms with Crippen molar-refractivity contribution in [2.45, 2.75) is 38.8 Å². The van der Waals surface area contributed by atoms with Gasteiger partial charge in [0.05, 0.1) is 0 Å². The molecule has 2 heteroatoms. The number of benzene rings is 1. The SMILES string of the molecule is CC(N[C@H](C)c1ccc(F)cc1)C1CC2C=CC1C2. The molecule has 1 N–H and O–H groups in total. The van der Waals surface area contributed by atoms with Gasteiger partial charge < -0.3 is 5.32 Å². The van der Waals surface area contributed by atoms with Gasteiger partial charge in [-0.05, 0) is 62.1 Å². The van der Waals surface area contributed by atoms with Gasteiger partial charge in [-0.15, -0.1) is 0 Å². The zero-order chi connectivity index (χ0) is 13.4. The smallest absolute Gasteiger partial charge is 0.123 e. The van der Waals surface area contributed by atoms with E-state index in [1.165, 1.54) is 12.8 Å². The second-order valence-electron chi connectivity index (χ2n) is 6.17. The molecule has 19 heavy (non-hydrogen) atoms. The van der Waals surface area contributed by atoms with Crippen LogP contribution in [0.2, 0.25) is 0 Å². The molecule has 5 atom stereocenters. The maximum atomic E-state index is 12.9. The van der Waals surface area contributed by atoms with Crippen LogP contribution in [0.15, 0.2) is 36.4 Å². The molecule has 3 rings (SSSR count). The first kappa shape index (κ1) is 12.9. The maximum absolute atomic E-state index is 12.9. The second-order valence-corrected chi connectivity index (χ2v) is 6.17. The van der Waals surface area contributed by atoms with Gasteiger partial charge in [-0.3, -0.25) is 0 Å². The van der Waals surface area contributed by atoms with Crippen molar-refractivity contribution in [1.29, 1.82) is 0 Å². The fourth-order valence-corrected chi connectivity index (χ4v) is 3.76. The van der Waals surface area contributed by atoms with E-state index in [2.05, 4.69) is 31.3 Å². The average Bonchev–Trinajstić information content (AvgIpc) is 3.01. The molecule has 2 bridgehead atoms. The number of hydrogen-bond donors (Lipinski definition) is 1. The number of rotatable bonds is 4. The first-order valence-electron chi connectivity index (χ1n) is 7.33. The van der Waals surface area contributed by atoms with E-state index in [-0.39, 0.29) is 11.9 Å². The van der Waals surface area contributed by atoms with Gasteiger partial charge in [0.25, 0.3) is 0 Å². The van der Waals surface area contributed by atoms with Gasteiger partial charge in [-0.25, -0.2) is 4.39 Å². The lowest BCUT2D eigenvalue weighted by Gasteiger charge is -2.29. The van der Waals surface area contributed by atoms with Crippen molar-refractivity contribution in [3.05, 3.63) is 47.8 Å². The molecule has 1 aromatic carbocycles. The summed E-state index contributed by atoms with van der Waals surface area (Å²) in [4.78, 5) is 0. The third kappa shape index (κ3) is 2.59. The molecule has 0 radical (unpaired) electrons. The Morgan fingerprint density at radius 1 is 1.11 bits per heavy atom. The second kappa shape index (κ2) is 5.09. The van der Waals surface area contributed by atoms with Gasteiger partial charge in [-0.1, -0.05) is 24.3 Å². The Labute approximate surface area is 114 Å². The summed E-state index contributed by atoms with van der Waals surface area (Å²) in [5, 5.41) is 3.69. The molecule has 1 saturated carbocycles. The Hall–Kier alpha value is -1.15. The molecule has 102 valence electrons. The fraction of sp³-hybridized carbons (Fsp3) is 0.529. The van der Waals surface area contributed by atoms with Crippen molar-refractivity contribution in [3.8, 4) is 0 Å². The van der Waals surface area contributed by atoms with Crippen LogP contribution in [0.25, 0.3) is 0 Å². The maximum Gasteiger partial charge on any atom is 0.123 e. The van der Waals surface area contributed by atoms with Crippen molar-refractivity contribution < 1.29 is 4.39 Å². The Kier molecular flexibility index (Phi) is 3.44. The van der Waals surface area contributed by atoms with Crippen LogP contribution in [0.5, 0.6) is 0 Å². The topological polar surface area (TPSA) is 12.0 Å². The summed E-state index contributed by atoms with van der Waals surface area (Å²) in [5.41, 5.74) is 1.16. The lowest BCUT2D eigenvalue weighted by Crippen LogP contribution is -2.37. The van der Waals surface area contributed by atoms with Crippen LogP contribution in [0.1, 0.15) is 38.3 Å². The molecule has 0 spiro atoms. The van der Waals surface area contributed by atoms with E-state index in [1.807, 2.05) is 12.1 Å². The monoisotopic (exact) mass is 259 g/mol. The van der Waals surface area contributed by atoms with Crippen LogP contribution < -0.4 is 5.32 Å². The molecule has 4 unspecified atom stereocenters. The lowest BCUT2D eigenvalue weighted by atomic mass is 9.87. The van der Waals surface area contributed by atoms with Crippen molar-refractivity contribution in [1.82, 2.24) is 5.32 Å². The standard InChI is InChI=1S/C17H22FN/c1-11(14-5-7-16(18)8-6-14)19-12(2)17-10-13-3-4-15(17)9-13/h3-8,11-13,15,17,19H,9-10H2,1-2H3/t11-,12?,13?,15?,17?/m1/s1. The van der Waals surface area contributed by atoms with Crippen LogP contribution in [-0.4, -0.2) is 6.04 Å². The molecule has 0 aromatic heterocycles. The summed E-state index contributed by atoms with van der Waals surface area (Å²) in [6.07, 6.45) is 7.46. The van der Waals surface area contributed by atoms with Gasteiger partial charge in [-0.2, -0.15) is 0 Å². The normalized spacial score (nSPS) is 31.6. The number of fused-ring (bicyclic) bond motifs is 2. The van der Waals surface area contributed by atoms with E-state index >= 15 is 0 Å². The predicted molar refractivity (Wildman–Crippen MR) is 76.3 cm³/mol. The van der Waals surface area contributed by atoms with Gasteiger partial charge in [0.15, 0.2) is 0 Å². The van der Waals surface area contributed by atoms with Crippen molar-refractivity contribution in [2.75, 3.05) is 0 Å². The summed E-state index contributed by atoms with van der Waals surface area (Å²) in [6.45, 7) is 4.45. The van der Waals surface area contributed by atoms with Crippen molar-refractivity contribution in [3.63, 3.8) is 0 Å². The van der Waals surface area contributed by atoms with Crippen LogP contribution in [0.3, 0.4) is 0 Å². The molecule has 2 aliphatic carbocycles. The number of allylic oxidation sites excluding steroid dienone is 2. The number of halogens is 1. The Morgan fingerprint density at radius 2 is 1.84 bits per heavy atom. The predicted octanol–water partition coefficient (Wildman–Crippen LogP) is 4.08. The van der Waals surface area contributed by atoms with Crippen LogP contribution in [0, 0.1) is 23.6 Å². The Bertz CT molecular complexity index is 465. The number of nitrogens with one attached hydrogen (secondary N) is 1. The minimum absolute atomic E-state index is 0.165. The van der Waals surface area contributed by atoms with Gasteiger partial charge in [0.1, 0.15) is 5.82 Å². The van der Waals surface area contributed by atoms with Crippen LogP contribution in [-0.2, 0) is 0 Å². The Balaban J connectivity index is 1.61. The third-order valence-corrected chi connectivity index (χ3v) is 4.86. The van der Waals surface area contributed by atoms with Crippen LogP contribution >= 0.6 is 0 Å². The molecule has 1 aromatic rings. The first-order chi connectivity index (χ1) is 9.13. The summed E-state index contributed by atoms with van der Waals surface area (Å²) < 4.78 is 12.9. The largest absolute Gasteiger partial charge is 0.307 e. The van der Waals surface area contributed by atoms with E-state index in [0.717, 1.165) is 23.3 Å². The minimum atomic E-state index is -0.165. The molecule has 0 aliphatic heterocycles. The minimum Gasteiger partial charge on any atom is -0.307 e. The molecule has 0 heterocycles. The summed E-state index contributed by atoms with van der Waals surface area (Å²) >= 11 is 0. The third-order valence-electron chi connectivity index (χ3n) is 4.86. The quantitative estimate of drug-likeness (QED) is 0.803. The Morgan fingerprint density at radius 3 is 2.42 bits per heavy atom. The summed E-state index contributed by atoms with van der Waals surface area (Å²) in [7, 11) is 0. The zero-order valence-corrected chi connectivity index (χ0v) is 11.6. The molecular formula is C17H22FN. The highest BCUT2D eigenvalue weighted by Gasteiger charge is 2.38. The highest BCUT2D eigenvalue weighted by molar-refractivity contribution is 5.20. The van der Waals surface area contributed by atoms with E-state index in [0.29, 0.717) is 6.04 Å². The van der Waals surface area contributed by atoms with Crippen LogP contribution in [0.4, 0.5) is 4.39 Å². The first-order valence-corrected chi connectivity index (χ1v) is 7.33. The van der Waals surface area contributed by atoms with E-state index in [9.17, 15) is 4.39 Å². The summed E-state index contributed by atoms with van der Waals surface area (Å²) in [5.74, 6) is 2.19. The fourth-order valence-electron chi connectivity index (χ4n) is 3.76. The molecule has 1 fully saturated rings. The van der Waals surface area contributed by atoms with Gasteiger partial charge >= 0.3 is 0 Å². The number of hydrogen-bond acceptors (Lipinski definition) is 1. The molecule has 2 aliphatic rings. The van der Waals surface area contributed by atoms with E-state index in [1.54, 1.807) is 12.1 Å². The van der Waals surface area contributed by atoms with E-state index < -0.39 is 0 Å². The van der Waals surface area contributed by atoms with Gasteiger partial charge in [0, 0.05) is 12.1 Å². The van der Waals surface area contributed by atoms with E-state index in [4.69, 9.17) is 0 Å². The van der Waals surface area contributed by atoms with Crippen molar-refractivity contribution in [2.24, 2.45) is 17.8 Å². The molecule has 0 saturated heterocycles. The summed E-state index contributed by atoms with van der Waals surface area (Å²) in [6, 6.07) is 7.62. The highest BCUT2D eigenvalue weighted by atomic mass is 19.1. The molecular weight excluding hydrogens is 237 g/mol. The zero-order valence-electron chi connectivity index (χ0n) is 11.6. The average molecular weight is 259 g/mol. The lowest BCUT2D eigenvalue weighted by molar-refractivity contribution is 0.307. The highest BCUT2D eigenvalue weighted by Crippen LogP contribution is 2.45. The van der Waals surface area contributed by atoms with Crippen molar-refractivity contribution >= 4 is 0 Å².